The minimum absolute atomic E-state index is 0.0404. The number of nitrogens with zero attached hydrogens (tertiary/aromatic N) is 2. The first-order chi connectivity index (χ1) is 13.6. The fraction of sp³-hybridized carbons (Fsp3) is 0.300. The maximum Gasteiger partial charge on any atom is 0.162 e. The molecule has 0 aliphatic carbocycles. The van der Waals surface area contributed by atoms with Crippen molar-refractivity contribution in [3.05, 3.63) is 47.5 Å². The molecule has 3 aromatic rings. The zero-order valence-electron chi connectivity index (χ0n) is 15.7. The van der Waals surface area contributed by atoms with E-state index in [0.717, 1.165) is 23.3 Å². The molecule has 2 aromatic carbocycles. The summed E-state index contributed by atoms with van der Waals surface area (Å²) in [6, 6.07) is 8.08. The molecule has 0 saturated heterocycles. The summed E-state index contributed by atoms with van der Waals surface area (Å²) < 4.78 is 24.8. The second-order valence-corrected chi connectivity index (χ2v) is 7.59. The minimum Gasteiger partial charge on any atom is -0.493 e. The molecule has 1 heterocycles. The molecule has 0 unspecified atom stereocenters. The van der Waals surface area contributed by atoms with Crippen molar-refractivity contribution in [2.45, 2.75) is 13.3 Å². The van der Waals surface area contributed by atoms with Crippen molar-refractivity contribution >= 4 is 45.8 Å². The summed E-state index contributed by atoms with van der Waals surface area (Å²) in [6.45, 7) is 2.74. The predicted octanol–water partition coefficient (Wildman–Crippen LogP) is 5.70. The third kappa shape index (κ3) is 4.97. The van der Waals surface area contributed by atoms with Crippen LogP contribution in [0, 0.1) is 5.82 Å². The van der Waals surface area contributed by atoms with Crippen molar-refractivity contribution in [1.29, 1.82) is 0 Å². The van der Waals surface area contributed by atoms with Crippen LogP contribution in [0.15, 0.2) is 36.7 Å². The van der Waals surface area contributed by atoms with Gasteiger partial charge in [-0.25, -0.2) is 14.4 Å². The van der Waals surface area contributed by atoms with Gasteiger partial charge in [-0.15, -0.1) is 0 Å². The number of hydrogen-bond acceptors (Lipinski definition) is 6. The fourth-order valence-electron chi connectivity index (χ4n) is 2.60. The van der Waals surface area contributed by atoms with Gasteiger partial charge in [0.2, 0.25) is 0 Å². The molecule has 3 rings (SSSR count). The van der Waals surface area contributed by atoms with E-state index in [1.807, 2.05) is 23.9 Å². The smallest absolute Gasteiger partial charge is 0.162 e. The minimum atomic E-state index is -0.471. The molecule has 0 amide bonds. The van der Waals surface area contributed by atoms with Crippen LogP contribution < -0.4 is 14.8 Å². The van der Waals surface area contributed by atoms with E-state index in [2.05, 4.69) is 22.2 Å². The van der Waals surface area contributed by atoms with Gasteiger partial charge in [0, 0.05) is 22.9 Å². The highest BCUT2D eigenvalue weighted by atomic mass is 35.5. The van der Waals surface area contributed by atoms with Gasteiger partial charge < -0.3 is 14.8 Å². The summed E-state index contributed by atoms with van der Waals surface area (Å²) in [6.07, 6.45) is 2.60. The molecule has 0 radical (unpaired) electrons. The van der Waals surface area contributed by atoms with Gasteiger partial charge in [-0.3, -0.25) is 0 Å². The van der Waals surface area contributed by atoms with Crippen LogP contribution in [0.5, 0.6) is 11.5 Å². The first-order valence-electron chi connectivity index (χ1n) is 8.87. The number of methoxy groups -OCH3 is 1. The molecule has 0 fully saturated rings. The topological polar surface area (TPSA) is 56.3 Å². The average molecular weight is 422 g/mol. The molecule has 1 aromatic heterocycles. The van der Waals surface area contributed by atoms with Gasteiger partial charge in [-0.2, -0.15) is 11.8 Å². The van der Waals surface area contributed by atoms with Crippen molar-refractivity contribution in [3.63, 3.8) is 0 Å². The Kier molecular flexibility index (Phi) is 7.17. The van der Waals surface area contributed by atoms with E-state index in [9.17, 15) is 4.39 Å². The Bertz CT molecular complexity index is 958. The molecule has 0 bridgehead atoms. The summed E-state index contributed by atoms with van der Waals surface area (Å²) in [5, 5.41) is 3.97. The standard InChI is InChI=1S/C20H21ClFN3O2S/c1-3-7-28-8-6-27-19-10-14-17(11-18(19)26-2)23-12-24-20(14)25-13-4-5-16(22)15(21)9-13/h4-5,9-12H,3,6-8H2,1-2H3,(H,23,24,25). The van der Waals surface area contributed by atoms with Crippen LogP contribution >= 0.6 is 23.4 Å². The maximum atomic E-state index is 13.4. The second-order valence-electron chi connectivity index (χ2n) is 5.96. The third-order valence-electron chi connectivity index (χ3n) is 3.94. The van der Waals surface area contributed by atoms with Gasteiger partial charge in [0.25, 0.3) is 0 Å². The predicted molar refractivity (Wildman–Crippen MR) is 114 cm³/mol. The zero-order valence-corrected chi connectivity index (χ0v) is 17.2. The highest BCUT2D eigenvalue weighted by Crippen LogP contribution is 2.35. The van der Waals surface area contributed by atoms with Crippen LogP contribution in [0.2, 0.25) is 5.02 Å². The van der Waals surface area contributed by atoms with E-state index >= 15 is 0 Å². The first-order valence-corrected chi connectivity index (χ1v) is 10.4. The van der Waals surface area contributed by atoms with Crippen molar-refractivity contribution in [3.8, 4) is 11.5 Å². The van der Waals surface area contributed by atoms with Crippen LogP contribution in [-0.4, -0.2) is 35.2 Å². The molecule has 8 heteroatoms. The monoisotopic (exact) mass is 421 g/mol. The summed E-state index contributed by atoms with van der Waals surface area (Å²) in [4.78, 5) is 8.62. The molecule has 0 atom stereocenters. The SMILES string of the molecule is CCCSCCOc1cc2c(Nc3ccc(F)c(Cl)c3)ncnc2cc1OC. The van der Waals surface area contributed by atoms with Crippen molar-refractivity contribution in [2.75, 3.05) is 30.5 Å². The number of rotatable bonds is 9. The van der Waals surface area contributed by atoms with Gasteiger partial charge in [0.05, 0.1) is 24.3 Å². The number of anilines is 2. The van der Waals surface area contributed by atoms with E-state index in [-0.39, 0.29) is 5.02 Å². The van der Waals surface area contributed by atoms with Crippen LogP contribution in [0.1, 0.15) is 13.3 Å². The Morgan fingerprint density at radius 2 is 2.00 bits per heavy atom. The molecular formula is C20H21ClFN3O2S. The zero-order chi connectivity index (χ0) is 19.9. The van der Waals surface area contributed by atoms with Gasteiger partial charge in [-0.05, 0) is 36.4 Å². The third-order valence-corrected chi connectivity index (χ3v) is 5.38. The Hall–Kier alpha value is -2.25. The Labute approximate surface area is 172 Å². The van der Waals surface area contributed by atoms with Crippen molar-refractivity contribution < 1.29 is 13.9 Å². The maximum absolute atomic E-state index is 13.4. The molecule has 5 nitrogen and oxygen atoms in total. The highest BCUT2D eigenvalue weighted by Gasteiger charge is 2.12. The van der Waals surface area contributed by atoms with Gasteiger partial charge >= 0.3 is 0 Å². The number of ether oxygens (including phenoxy) is 2. The number of aromatic nitrogens is 2. The van der Waals surface area contributed by atoms with E-state index in [1.54, 1.807) is 13.2 Å². The number of fused-ring (bicyclic) bond motifs is 1. The average Bonchev–Trinajstić information content (AvgIpc) is 2.70. The van der Waals surface area contributed by atoms with Gasteiger partial charge in [0.15, 0.2) is 11.5 Å². The lowest BCUT2D eigenvalue weighted by Gasteiger charge is -2.14. The summed E-state index contributed by atoms with van der Waals surface area (Å²) in [7, 11) is 1.60. The lowest BCUT2D eigenvalue weighted by Crippen LogP contribution is -2.03. The Balaban J connectivity index is 1.88. The summed E-state index contributed by atoms with van der Waals surface area (Å²) in [5.41, 5.74) is 1.33. The molecule has 148 valence electrons. The number of halogens is 2. The lowest BCUT2D eigenvalue weighted by atomic mass is 10.2. The quantitative estimate of drug-likeness (QED) is 0.447. The largest absolute Gasteiger partial charge is 0.493 e. The highest BCUT2D eigenvalue weighted by molar-refractivity contribution is 7.99. The fourth-order valence-corrected chi connectivity index (χ4v) is 3.48. The van der Waals surface area contributed by atoms with Crippen LogP contribution in [0.25, 0.3) is 10.9 Å². The number of benzene rings is 2. The van der Waals surface area contributed by atoms with E-state index < -0.39 is 5.82 Å². The molecule has 0 saturated carbocycles. The number of hydrogen-bond donors (Lipinski definition) is 1. The van der Waals surface area contributed by atoms with E-state index in [4.69, 9.17) is 21.1 Å². The molecular weight excluding hydrogens is 401 g/mol. The Morgan fingerprint density at radius 3 is 2.75 bits per heavy atom. The number of thioether (sulfide) groups is 1. The molecule has 0 spiro atoms. The van der Waals surface area contributed by atoms with Crippen LogP contribution in [-0.2, 0) is 0 Å². The van der Waals surface area contributed by atoms with E-state index in [0.29, 0.717) is 35.1 Å². The summed E-state index contributed by atoms with van der Waals surface area (Å²) >= 11 is 7.72. The Morgan fingerprint density at radius 1 is 1.14 bits per heavy atom. The molecule has 0 aliphatic rings. The van der Waals surface area contributed by atoms with Crippen LogP contribution in [0.3, 0.4) is 0 Å². The second kappa shape index (κ2) is 9.80. The normalized spacial score (nSPS) is 10.9. The van der Waals surface area contributed by atoms with E-state index in [1.165, 1.54) is 18.5 Å². The first kappa shape index (κ1) is 20.5. The molecule has 0 aliphatic heterocycles. The lowest BCUT2D eigenvalue weighted by molar-refractivity contribution is 0.314. The van der Waals surface area contributed by atoms with Crippen molar-refractivity contribution in [1.82, 2.24) is 9.97 Å². The van der Waals surface area contributed by atoms with Crippen LogP contribution in [0.4, 0.5) is 15.9 Å². The van der Waals surface area contributed by atoms with Gasteiger partial charge in [-0.1, -0.05) is 18.5 Å². The number of nitrogens with one attached hydrogen (secondary N) is 1. The summed E-state index contributed by atoms with van der Waals surface area (Å²) in [5.74, 6) is 3.35. The molecule has 28 heavy (non-hydrogen) atoms. The molecule has 1 N–H and O–H groups in total. The van der Waals surface area contributed by atoms with Crippen molar-refractivity contribution in [2.24, 2.45) is 0 Å². The van der Waals surface area contributed by atoms with Gasteiger partial charge in [0.1, 0.15) is 18.0 Å².